The normalized spacial score (nSPS) is 21.3. The number of benzene rings is 2. The maximum Gasteiger partial charge on any atom is 0.254 e. The molecule has 2 aliphatic rings. The molecule has 0 bridgehead atoms. The van der Waals surface area contributed by atoms with Crippen molar-refractivity contribution in [2.45, 2.75) is 30.9 Å². The second-order valence-electron chi connectivity index (χ2n) is 8.08. The van der Waals surface area contributed by atoms with Crippen LogP contribution < -0.4 is 5.32 Å². The summed E-state index contributed by atoms with van der Waals surface area (Å²) in [4.78, 5) is 27.4. The molecule has 0 aromatic heterocycles. The second-order valence-corrected chi connectivity index (χ2v) is 8.08. The summed E-state index contributed by atoms with van der Waals surface area (Å²) in [6.45, 7) is 1.02. The smallest absolute Gasteiger partial charge is 0.254 e. The number of nitrogens with zero attached hydrogens (tertiary/aromatic N) is 1. The summed E-state index contributed by atoms with van der Waals surface area (Å²) in [5.74, 6) is -0.257. The minimum Gasteiger partial charge on any atom is -0.375 e. The van der Waals surface area contributed by atoms with Gasteiger partial charge in [-0.05, 0) is 29.5 Å². The van der Waals surface area contributed by atoms with Crippen LogP contribution in [0.25, 0.3) is 11.1 Å². The second kappa shape index (κ2) is 8.98. The zero-order valence-corrected chi connectivity index (χ0v) is 17.3. The SMILES string of the molecule is COCC(=O)N1CCOC(Cc2cccc(-c3ccccc3)c2)(C(=O)NC2CC2)C1. The lowest BCUT2D eigenvalue weighted by Crippen LogP contribution is -2.62. The molecule has 1 saturated carbocycles. The van der Waals surface area contributed by atoms with Gasteiger partial charge < -0.3 is 19.7 Å². The zero-order valence-electron chi connectivity index (χ0n) is 17.3. The number of carbonyl (C=O) groups is 2. The lowest BCUT2D eigenvalue weighted by atomic mass is 9.89. The molecule has 1 aliphatic carbocycles. The Labute approximate surface area is 177 Å². The molecular weight excluding hydrogens is 380 g/mol. The van der Waals surface area contributed by atoms with E-state index in [0.717, 1.165) is 29.5 Å². The molecule has 158 valence electrons. The van der Waals surface area contributed by atoms with Gasteiger partial charge in [0.2, 0.25) is 5.91 Å². The summed E-state index contributed by atoms with van der Waals surface area (Å²) in [6.07, 6.45) is 2.40. The maximum absolute atomic E-state index is 13.3. The van der Waals surface area contributed by atoms with Crippen LogP contribution >= 0.6 is 0 Å². The Morgan fingerprint density at radius 3 is 2.63 bits per heavy atom. The summed E-state index contributed by atoms with van der Waals surface area (Å²) < 4.78 is 11.1. The Kier molecular flexibility index (Phi) is 6.16. The van der Waals surface area contributed by atoms with Crippen LogP contribution in [0.3, 0.4) is 0 Å². The molecule has 2 amide bonds. The Morgan fingerprint density at radius 1 is 1.13 bits per heavy atom. The van der Waals surface area contributed by atoms with Crippen molar-refractivity contribution in [3.63, 3.8) is 0 Å². The Hall–Kier alpha value is -2.70. The van der Waals surface area contributed by atoms with Crippen molar-refractivity contribution in [1.82, 2.24) is 10.2 Å². The molecule has 1 aliphatic heterocycles. The fraction of sp³-hybridized carbons (Fsp3) is 0.417. The van der Waals surface area contributed by atoms with Crippen LogP contribution in [0.15, 0.2) is 54.6 Å². The van der Waals surface area contributed by atoms with E-state index >= 15 is 0 Å². The van der Waals surface area contributed by atoms with Crippen molar-refractivity contribution in [1.29, 1.82) is 0 Å². The average Bonchev–Trinajstić information content (AvgIpc) is 3.59. The molecule has 2 fully saturated rings. The third-order valence-electron chi connectivity index (χ3n) is 5.66. The first kappa shape index (κ1) is 20.6. The Bertz CT molecular complexity index is 897. The molecule has 2 aromatic rings. The molecule has 6 heteroatoms. The van der Waals surface area contributed by atoms with Crippen LogP contribution in [-0.4, -0.2) is 61.8 Å². The van der Waals surface area contributed by atoms with Crippen molar-refractivity contribution >= 4 is 11.8 Å². The van der Waals surface area contributed by atoms with Crippen molar-refractivity contribution in [2.24, 2.45) is 0 Å². The first-order chi connectivity index (χ1) is 14.6. The zero-order chi connectivity index (χ0) is 21.0. The molecule has 1 N–H and O–H groups in total. The number of methoxy groups -OCH3 is 1. The largest absolute Gasteiger partial charge is 0.375 e. The van der Waals surface area contributed by atoms with E-state index in [-0.39, 0.29) is 31.0 Å². The summed E-state index contributed by atoms with van der Waals surface area (Å²) in [6, 6.07) is 18.5. The van der Waals surface area contributed by atoms with Crippen LogP contribution in [-0.2, 0) is 25.5 Å². The molecule has 1 atom stereocenters. The number of morpholine rings is 1. The van der Waals surface area contributed by atoms with Crippen LogP contribution in [0.1, 0.15) is 18.4 Å². The van der Waals surface area contributed by atoms with Gasteiger partial charge in [-0.3, -0.25) is 9.59 Å². The Morgan fingerprint density at radius 2 is 1.90 bits per heavy atom. The van der Waals surface area contributed by atoms with Gasteiger partial charge in [-0.15, -0.1) is 0 Å². The molecular formula is C24H28N2O4. The Balaban J connectivity index is 1.60. The molecule has 0 spiro atoms. The minimum absolute atomic E-state index is 0.00379. The van der Waals surface area contributed by atoms with Crippen molar-refractivity contribution in [3.8, 4) is 11.1 Å². The lowest BCUT2D eigenvalue weighted by molar-refractivity contribution is -0.167. The highest BCUT2D eigenvalue weighted by Crippen LogP contribution is 2.29. The lowest BCUT2D eigenvalue weighted by Gasteiger charge is -2.41. The molecule has 2 aromatic carbocycles. The molecule has 0 radical (unpaired) electrons. The number of amides is 2. The van der Waals surface area contributed by atoms with Gasteiger partial charge >= 0.3 is 0 Å². The van der Waals surface area contributed by atoms with E-state index in [1.807, 2.05) is 30.3 Å². The first-order valence-corrected chi connectivity index (χ1v) is 10.5. The van der Waals surface area contributed by atoms with Crippen LogP contribution in [0, 0.1) is 0 Å². The van der Waals surface area contributed by atoms with Crippen molar-refractivity contribution < 1.29 is 19.1 Å². The monoisotopic (exact) mass is 408 g/mol. The minimum atomic E-state index is -1.10. The number of rotatable bonds is 7. The third kappa shape index (κ3) is 4.71. The summed E-state index contributed by atoms with van der Waals surface area (Å²) >= 11 is 0. The fourth-order valence-corrected chi connectivity index (χ4v) is 3.90. The highest BCUT2D eigenvalue weighted by molar-refractivity contribution is 5.88. The van der Waals surface area contributed by atoms with Gasteiger partial charge in [-0.25, -0.2) is 0 Å². The van der Waals surface area contributed by atoms with Gasteiger partial charge in [0.25, 0.3) is 5.91 Å². The van der Waals surface area contributed by atoms with E-state index in [0.29, 0.717) is 19.6 Å². The van der Waals surface area contributed by atoms with Gasteiger partial charge in [-0.2, -0.15) is 0 Å². The van der Waals surface area contributed by atoms with Gasteiger partial charge in [0.1, 0.15) is 6.61 Å². The molecule has 1 heterocycles. The number of ether oxygens (including phenoxy) is 2. The quantitative estimate of drug-likeness (QED) is 0.764. The van der Waals surface area contributed by atoms with Gasteiger partial charge in [-0.1, -0.05) is 54.6 Å². The van der Waals surface area contributed by atoms with E-state index in [4.69, 9.17) is 9.47 Å². The molecule has 4 rings (SSSR count). The van der Waals surface area contributed by atoms with E-state index in [2.05, 4.69) is 29.6 Å². The highest BCUT2D eigenvalue weighted by atomic mass is 16.5. The topological polar surface area (TPSA) is 67.9 Å². The third-order valence-corrected chi connectivity index (χ3v) is 5.66. The van der Waals surface area contributed by atoms with Gasteiger partial charge in [0, 0.05) is 26.1 Å². The number of nitrogens with one attached hydrogen (secondary N) is 1. The van der Waals surface area contributed by atoms with Crippen LogP contribution in [0.5, 0.6) is 0 Å². The summed E-state index contributed by atoms with van der Waals surface area (Å²) in [5.41, 5.74) is 2.12. The number of carbonyl (C=O) groups excluding carboxylic acids is 2. The average molecular weight is 408 g/mol. The molecule has 1 saturated heterocycles. The number of hydrogen-bond donors (Lipinski definition) is 1. The summed E-state index contributed by atoms with van der Waals surface area (Å²) in [7, 11) is 1.50. The number of hydrogen-bond acceptors (Lipinski definition) is 4. The standard InChI is InChI=1S/C24H28N2O4/c1-29-16-22(27)26-12-13-30-24(17-26,23(28)25-21-10-11-21)15-18-6-5-9-20(14-18)19-7-3-2-4-8-19/h2-9,14,21H,10-13,15-17H2,1H3,(H,25,28). The van der Waals surface area contributed by atoms with Crippen LogP contribution in [0.4, 0.5) is 0 Å². The maximum atomic E-state index is 13.3. The predicted molar refractivity (Wildman–Crippen MR) is 114 cm³/mol. The van der Waals surface area contributed by atoms with Gasteiger partial charge in [0.15, 0.2) is 5.60 Å². The van der Waals surface area contributed by atoms with Crippen LogP contribution in [0.2, 0.25) is 0 Å². The summed E-state index contributed by atoms with van der Waals surface area (Å²) in [5, 5.41) is 3.09. The van der Waals surface area contributed by atoms with E-state index in [1.165, 1.54) is 7.11 Å². The predicted octanol–water partition coefficient (Wildman–Crippen LogP) is 2.42. The van der Waals surface area contributed by atoms with E-state index in [1.54, 1.807) is 4.90 Å². The van der Waals surface area contributed by atoms with Crippen molar-refractivity contribution in [3.05, 3.63) is 60.2 Å². The molecule has 1 unspecified atom stereocenters. The fourth-order valence-electron chi connectivity index (χ4n) is 3.90. The van der Waals surface area contributed by atoms with E-state index < -0.39 is 5.60 Å². The first-order valence-electron chi connectivity index (χ1n) is 10.5. The highest BCUT2D eigenvalue weighted by Gasteiger charge is 2.46. The van der Waals surface area contributed by atoms with Gasteiger partial charge in [0.05, 0.1) is 13.2 Å². The van der Waals surface area contributed by atoms with E-state index in [9.17, 15) is 9.59 Å². The van der Waals surface area contributed by atoms with Crippen molar-refractivity contribution in [2.75, 3.05) is 33.4 Å². The molecule has 6 nitrogen and oxygen atoms in total. The molecule has 30 heavy (non-hydrogen) atoms.